The van der Waals surface area contributed by atoms with Crippen LogP contribution in [-0.2, 0) is 0 Å². The fraction of sp³-hybridized carbons (Fsp3) is 0. The zero-order valence-electron chi connectivity index (χ0n) is 22.5. The van der Waals surface area contributed by atoms with Crippen LogP contribution in [0.25, 0.3) is 61.4 Å². The number of rotatable bonds is 4. The van der Waals surface area contributed by atoms with E-state index in [9.17, 15) is 15.8 Å². The molecule has 0 radical (unpaired) electrons. The summed E-state index contributed by atoms with van der Waals surface area (Å²) in [5, 5.41) is 30.0. The van der Waals surface area contributed by atoms with Crippen molar-refractivity contribution in [1.29, 1.82) is 15.8 Å². The van der Waals surface area contributed by atoms with Gasteiger partial charge in [-0.1, -0.05) is 36.4 Å². The zero-order chi connectivity index (χ0) is 29.3. The summed E-state index contributed by atoms with van der Waals surface area (Å²) in [5.41, 5.74) is 7.61. The second-order valence-corrected chi connectivity index (χ2v) is 9.82. The quantitative estimate of drug-likeness (QED) is 0.231. The summed E-state index contributed by atoms with van der Waals surface area (Å²) >= 11 is 0. The van der Waals surface area contributed by atoms with Gasteiger partial charge in [-0.25, -0.2) is 19.9 Å². The smallest absolute Gasteiger partial charge is 0.161 e. The fourth-order valence-electron chi connectivity index (χ4n) is 5.29. The number of nitrogens with zero attached hydrogens (tertiary/aromatic N) is 8. The van der Waals surface area contributed by atoms with Crippen LogP contribution in [0.2, 0.25) is 0 Å². The van der Waals surface area contributed by atoms with Crippen molar-refractivity contribution in [1.82, 2.24) is 24.5 Å². The third kappa shape index (κ3) is 4.40. The molecule has 3 heterocycles. The highest BCUT2D eigenvalue weighted by molar-refractivity contribution is 6.11. The maximum absolute atomic E-state index is 9.42. The van der Waals surface area contributed by atoms with Crippen molar-refractivity contribution in [3.63, 3.8) is 0 Å². The van der Waals surface area contributed by atoms with Crippen molar-refractivity contribution >= 4 is 21.8 Å². The van der Waals surface area contributed by atoms with E-state index in [4.69, 9.17) is 0 Å². The molecule has 8 heteroatoms. The number of benzene rings is 4. The van der Waals surface area contributed by atoms with Crippen molar-refractivity contribution in [3.8, 4) is 57.8 Å². The third-order valence-corrected chi connectivity index (χ3v) is 7.30. The number of hydrogen-bond donors (Lipinski definition) is 0. The lowest BCUT2D eigenvalue weighted by Gasteiger charge is -2.15. The van der Waals surface area contributed by atoms with Crippen LogP contribution < -0.4 is 0 Å². The molecule has 0 N–H and O–H groups in total. The molecule has 0 saturated carbocycles. The Morgan fingerprint density at radius 2 is 1.12 bits per heavy atom. The topological polar surface area (TPSA) is 128 Å². The highest BCUT2D eigenvalue weighted by Crippen LogP contribution is 2.38. The number of para-hydroxylation sites is 1. The van der Waals surface area contributed by atoms with Gasteiger partial charge in [0, 0.05) is 46.7 Å². The van der Waals surface area contributed by atoms with E-state index in [-0.39, 0.29) is 0 Å². The van der Waals surface area contributed by atoms with Crippen LogP contribution in [0.1, 0.15) is 16.7 Å². The van der Waals surface area contributed by atoms with E-state index < -0.39 is 0 Å². The van der Waals surface area contributed by atoms with Gasteiger partial charge in [-0.05, 0) is 59.7 Å². The molecule has 8 nitrogen and oxygen atoms in total. The van der Waals surface area contributed by atoms with Crippen molar-refractivity contribution in [3.05, 3.63) is 126 Å². The van der Waals surface area contributed by atoms with E-state index in [0.717, 1.165) is 49.7 Å². The molecule has 7 rings (SSSR count). The van der Waals surface area contributed by atoms with Gasteiger partial charge in [0.25, 0.3) is 0 Å². The van der Waals surface area contributed by atoms with E-state index in [1.165, 1.54) is 24.8 Å². The Kier molecular flexibility index (Phi) is 6.10. The number of hydrogen-bond acceptors (Lipinski definition) is 7. The van der Waals surface area contributed by atoms with E-state index in [0.29, 0.717) is 28.3 Å². The van der Waals surface area contributed by atoms with Gasteiger partial charge < -0.3 is 4.57 Å². The summed E-state index contributed by atoms with van der Waals surface area (Å²) in [6.07, 6.45) is 5.99. The molecule has 4 aromatic carbocycles. The number of fused-ring (bicyclic) bond motifs is 3. The summed E-state index contributed by atoms with van der Waals surface area (Å²) in [5.74, 6) is 0.910. The third-order valence-electron chi connectivity index (χ3n) is 7.30. The van der Waals surface area contributed by atoms with Crippen LogP contribution in [-0.4, -0.2) is 24.5 Å². The Hall–Kier alpha value is -6.69. The van der Waals surface area contributed by atoms with Crippen molar-refractivity contribution < 1.29 is 0 Å². The first kappa shape index (κ1) is 25.3. The Morgan fingerprint density at radius 1 is 0.488 bits per heavy atom. The normalized spacial score (nSPS) is 10.7. The SMILES string of the molecule is N#Cc1cnc(-c2ccc(-n3c4ccccc4c4cc(-c5cccc(C#N)c5)ccc43)c(-c3ncc(C#N)cn3)c2)nc1. The van der Waals surface area contributed by atoms with Gasteiger partial charge >= 0.3 is 0 Å². The van der Waals surface area contributed by atoms with Gasteiger partial charge in [0.1, 0.15) is 12.1 Å². The molecule has 0 saturated heterocycles. The van der Waals surface area contributed by atoms with Crippen molar-refractivity contribution in [2.45, 2.75) is 0 Å². The van der Waals surface area contributed by atoms with Gasteiger partial charge in [0.2, 0.25) is 0 Å². The highest BCUT2D eigenvalue weighted by Gasteiger charge is 2.19. The summed E-state index contributed by atoms with van der Waals surface area (Å²) in [6, 6.07) is 34.3. The second kappa shape index (κ2) is 10.4. The van der Waals surface area contributed by atoms with Crippen LogP contribution in [0.4, 0.5) is 0 Å². The Morgan fingerprint density at radius 3 is 1.84 bits per heavy atom. The van der Waals surface area contributed by atoms with Gasteiger partial charge in [-0.2, -0.15) is 15.8 Å². The van der Waals surface area contributed by atoms with E-state index in [1.54, 1.807) is 6.07 Å². The molecule has 0 aliphatic rings. The molecular weight excluding hydrogens is 532 g/mol. The predicted molar refractivity (Wildman–Crippen MR) is 162 cm³/mol. The molecule has 0 amide bonds. The monoisotopic (exact) mass is 550 g/mol. The Bertz CT molecular complexity index is 2310. The predicted octanol–water partition coefficient (Wildman–Crippen LogP) is 6.98. The molecular formula is C35H18N8. The summed E-state index contributed by atoms with van der Waals surface area (Å²) in [4.78, 5) is 17.8. The van der Waals surface area contributed by atoms with Crippen LogP contribution in [0, 0.1) is 34.0 Å². The van der Waals surface area contributed by atoms with Crippen LogP contribution >= 0.6 is 0 Å². The molecule has 3 aromatic heterocycles. The molecule has 0 aliphatic carbocycles. The summed E-state index contributed by atoms with van der Waals surface area (Å²) in [6.45, 7) is 0. The lowest BCUT2D eigenvalue weighted by molar-refractivity contribution is 1.12. The first-order valence-electron chi connectivity index (χ1n) is 13.3. The first-order valence-corrected chi connectivity index (χ1v) is 13.3. The minimum absolute atomic E-state index is 0.363. The number of aromatic nitrogens is 5. The Balaban J connectivity index is 1.48. The maximum atomic E-state index is 9.42. The molecule has 198 valence electrons. The van der Waals surface area contributed by atoms with E-state index >= 15 is 0 Å². The Labute approximate surface area is 246 Å². The fourth-order valence-corrected chi connectivity index (χ4v) is 5.29. The maximum Gasteiger partial charge on any atom is 0.161 e. The standard InChI is InChI=1S/C35H18N8/c36-15-22-4-3-5-25(12-22)26-8-10-32-29(13-26)28-6-1-2-7-31(28)43(32)33-11-9-27(34-39-18-23(16-37)19-40-34)14-30(33)35-41-20-24(17-38)21-42-35/h1-14,18-21H. The largest absolute Gasteiger partial charge is 0.309 e. The van der Waals surface area contributed by atoms with Gasteiger partial charge in [0.15, 0.2) is 11.6 Å². The lowest BCUT2D eigenvalue weighted by atomic mass is 10.0. The van der Waals surface area contributed by atoms with E-state index in [1.807, 2.05) is 54.6 Å². The molecule has 0 aliphatic heterocycles. The summed E-state index contributed by atoms with van der Waals surface area (Å²) < 4.78 is 2.18. The molecule has 7 aromatic rings. The first-order chi connectivity index (χ1) is 21.2. The van der Waals surface area contributed by atoms with Crippen LogP contribution in [0.15, 0.2) is 110 Å². The molecule has 0 atom stereocenters. The molecule has 43 heavy (non-hydrogen) atoms. The van der Waals surface area contributed by atoms with Gasteiger partial charge in [-0.3, -0.25) is 0 Å². The molecule has 0 fully saturated rings. The molecule has 0 spiro atoms. The molecule has 0 unspecified atom stereocenters. The van der Waals surface area contributed by atoms with Gasteiger partial charge in [0.05, 0.1) is 39.5 Å². The average Bonchev–Trinajstić information content (AvgIpc) is 3.41. The van der Waals surface area contributed by atoms with Crippen LogP contribution in [0.3, 0.4) is 0 Å². The second-order valence-electron chi connectivity index (χ2n) is 9.82. The van der Waals surface area contributed by atoms with Crippen LogP contribution in [0.5, 0.6) is 0 Å². The average molecular weight is 551 g/mol. The van der Waals surface area contributed by atoms with E-state index in [2.05, 4.69) is 67.0 Å². The minimum atomic E-state index is 0.363. The highest BCUT2D eigenvalue weighted by atomic mass is 15.0. The van der Waals surface area contributed by atoms with Gasteiger partial charge in [-0.15, -0.1) is 0 Å². The zero-order valence-corrected chi connectivity index (χ0v) is 22.5. The minimum Gasteiger partial charge on any atom is -0.309 e. The van der Waals surface area contributed by atoms with Crippen molar-refractivity contribution in [2.75, 3.05) is 0 Å². The number of nitriles is 3. The lowest BCUT2D eigenvalue weighted by Crippen LogP contribution is -2.01. The van der Waals surface area contributed by atoms with Crippen molar-refractivity contribution in [2.24, 2.45) is 0 Å². The molecule has 0 bridgehead atoms. The summed E-state index contributed by atoms with van der Waals surface area (Å²) in [7, 11) is 0.